The van der Waals surface area contributed by atoms with Gasteiger partial charge in [-0.05, 0) is 60.2 Å². The normalized spacial score (nSPS) is 18.7. The zero-order chi connectivity index (χ0) is 23.4. The van der Waals surface area contributed by atoms with Gasteiger partial charge in [0.25, 0.3) is 0 Å². The maximum Gasteiger partial charge on any atom is 0.228 e. The molecule has 0 radical (unpaired) electrons. The van der Waals surface area contributed by atoms with Gasteiger partial charge in [0.15, 0.2) is 0 Å². The molecule has 0 aliphatic carbocycles. The van der Waals surface area contributed by atoms with Gasteiger partial charge in [0.2, 0.25) is 5.91 Å². The first kappa shape index (κ1) is 23.3. The summed E-state index contributed by atoms with van der Waals surface area (Å²) in [6.07, 6.45) is 0.694. The number of aryl methyl sites for hydroxylation is 1. The van der Waals surface area contributed by atoms with Gasteiger partial charge >= 0.3 is 0 Å². The Bertz CT molecular complexity index is 1140. The molecule has 4 nitrogen and oxygen atoms in total. The van der Waals surface area contributed by atoms with Crippen LogP contribution in [0.4, 0.5) is 10.1 Å². The number of benzene rings is 3. The first-order chi connectivity index (χ1) is 15.9. The first-order valence-corrected chi connectivity index (χ1v) is 11.5. The van der Waals surface area contributed by atoms with Crippen LogP contribution in [0.15, 0.2) is 66.7 Å². The summed E-state index contributed by atoms with van der Waals surface area (Å²) < 4.78 is 19.2. The molecule has 1 aliphatic heterocycles. The van der Waals surface area contributed by atoms with Crippen LogP contribution in [0.3, 0.4) is 0 Å². The summed E-state index contributed by atoms with van der Waals surface area (Å²) in [4.78, 5) is 15.5. The maximum atomic E-state index is 13.9. The van der Waals surface area contributed by atoms with E-state index in [1.165, 1.54) is 6.07 Å². The average Bonchev–Trinajstić information content (AvgIpc) is 2.82. The zero-order valence-electron chi connectivity index (χ0n) is 18.9. The minimum atomic E-state index is -0.220. The number of ether oxygens (including phenoxy) is 1. The van der Waals surface area contributed by atoms with Gasteiger partial charge in [0.05, 0.1) is 13.0 Å². The van der Waals surface area contributed by atoms with E-state index in [4.69, 9.17) is 16.3 Å². The van der Waals surface area contributed by atoms with Crippen LogP contribution in [0.2, 0.25) is 5.02 Å². The lowest BCUT2D eigenvalue weighted by Gasteiger charge is -2.37. The Morgan fingerprint density at radius 2 is 1.94 bits per heavy atom. The third kappa shape index (κ3) is 5.73. The highest BCUT2D eigenvalue weighted by Crippen LogP contribution is 2.33. The number of hydrogen-bond acceptors (Lipinski definition) is 3. The molecule has 0 spiro atoms. The lowest BCUT2D eigenvalue weighted by atomic mass is 9.83. The molecule has 3 aromatic carbocycles. The highest BCUT2D eigenvalue weighted by molar-refractivity contribution is 6.31. The van der Waals surface area contributed by atoms with Gasteiger partial charge in [0.1, 0.15) is 11.6 Å². The number of likely N-dealkylation sites (tertiary alicyclic amines) is 1. The molecule has 1 heterocycles. The Balaban J connectivity index is 1.57. The summed E-state index contributed by atoms with van der Waals surface area (Å²) in [5, 5.41) is 3.76. The number of hydrogen-bond donors (Lipinski definition) is 1. The number of nitrogens with zero attached hydrogens (tertiary/aromatic N) is 1. The fourth-order valence-electron chi connectivity index (χ4n) is 4.49. The summed E-state index contributed by atoms with van der Waals surface area (Å²) >= 11 is 6.41. The molecule has 1 amide bonds. The molecule has 1 aliphatic rings. The van der Waals surface area contributed by atoms with E-state index in [1.807, 2.05) is 60.7 Å². The number of piperidine rings is 1. The lowest BCUT2D eigenvalue weighted by Crippen LogP contribution is -2.43. The van der Waals surface area contributed by atoms with Crippen molar-refractivity contribution < 1.29 is 13.9 Å². The van der Waals surface area contributed by atoms with E-state index in [0.717, 1.165) is 22.7 Å². The van der Waals surface area contributed by atoms with Crippen molar-refractivity contribution in [2.45, 2.75) is 25.8 Å². The van der Waals surface area contributed by atoms with Gasteiger partial charge in [-0.25, -0.2) is 4.39 Å². The molecule has 172 valence electrons. The van der Waals surface area contributed by atoms with Crippen molar-refractivity contribution >= 4 is 23.2 Å². The van der Waals surface area contributed by atoms with Gasteiger partial charge in [-0.3, -0.25) is 9.69 Å². The molecule has 1 saturated heterocycles. The van der Waals surface area contributed by atoms with Crippen molar-refractivity contribution in [2.75, 3.05) is 25.5 Å². The van der Waals surface area contributed by atoms with Gasteiger partial charge in [-0.15, -0.1) is 0 Å². The van der Waals surface area contributed by atoms with Crippen LogP contribution >= 0.6 is 11.6 Å². The Kier molecular flexibility index (Phi) is 7.31. The largest absolute Gasteiger partial charge is 0.497 e. The smallest absolute Gasteiger partial charge is 0.228 e. The van der Waals surface area contributed by atoms with Crippen LogP contribution in [0.5, 0.6) is 5.75 Å². The number of rotatable bonds is 6. The number of carbonyl (C=O) groups excluding carboxylic acids is 1. The number of halogens is 2. The molecule has 1 N–H and O–H groups in total. The van der Waals surface area contributed by atoms with Crippen molar-refractivity contribution in [3.05, 3.63) is 94.3 Å². The predicted octanol–water partition coefficient (Wildman–Crippen LogP) is 6.04. The van der Waals surface area contributed by atoms with E-state index in [1.54, 1.807) is 14.0 Å². The Labute approximate surface area is 199 Å². The fraction of sp³-hybridized carbons (Fsp3) is 0.296. The van der Waals surface area contributed by atoms with Gasteiger partial charge in [-0.2, -0.15) is 0 Å². The Morgan fingerprint density at radius 1 is 1.12 bits per heavy atom. The molecule has 1 fully saturated rings. The van der Waals surface area contributed by atoms with Crippen molar-refractivity contribution in [1.29, 1.82) is 0 Å². The molecule has 2 unspecified atom stereocenters. The molecule has 3 aromatic rings. The third-order valence-corrected chi connectivity index (χ3v) is 6.61. The molecule has 0 aromatic heterocycles. The standard InChI is InChI=1S/C27H28ClFN2O2/c1-18-12-19(10-11-26(18)29)21-13-22(27(32)30-23-7-5-8-24(14-23)33-2)17-31(16-21)15-20-6-3-4-9-25(20)28/h3-12,14,21-22H,13,15-17H2,1-2H3,(H,30,32). The van der Waals surface area contributed by atoms with E-state index in [-0.39, 0.29) is 23.6 Å². The molecular weight excluding hydrogens is 439 g/mol. The second-order valence-corrected chi connectivity index (χ2v) is 9.05. The fourth-order valence-corrected chi connectivity index (χ4v) is 4.68. The van der Waals surface area contributed by atoms with E-state index in [0.29, 0.717) is 36.5 Å². The molecule has 0 saturated carbocycles. The van der Waals surface area contributed by atoms with Crippen LogP contribution in [0.1, 0.15) is 29.0 Å². The van der Waals surface area contributed by atoms with E-state index in [9.17, 15) is 9.18 Å². The highest BCUT2D eigenvalue weighted by Gasteiger charge is 2.33. The number of nitrogens with one attached hydrogen (secondary N) is 1. The molecule has 6 heteroatoms. The van der Waals surface area contributed by atoms with E-state index >= 15 is 0 Å². The SMILES string of the molecule is COc1cccc(NC(=O)C2CC(c3ccc(F)c(C)c3)CN(Cc3ccccc3Cl)C2)c1. The quantitative estimate of drug-likeness (QED) is 0.481. The zero-order valence-corrected chi connectivity index (χ0v) is 19.6. The number of amides is 1. The van der Waals surface area contributed by atoms with Gasteiger partial charge in [0, 0.05) is 36.4 Å². The Morgan fingerprint density at radius 3 is 2.70 bits per heavy atom. The molecular formula is C27H28ClFN2O2. The summed E-state index contributed by atoms with van der Waals surface area (Å²) in [6, 6.07) is 20.4. The average molecular weight is 467 g/mol. The lowest BCUT2D eigenvalue weighted by molar-refractivity contribution is -0.121. The van der Waals surface area contributed by atoms with Crippen molar-refractivity contribution in [3.8, 4) is 5.75 Å². The van der Waals surface area contributed by atoms with E-state index in [2.05, 4.69) is 10.2 Å². The van der Waals surface area contributed by atoms with Crippen LogP contribution in [0.25, 0.3) is 0 Å². The molecule has 2 atom stereocenters. The number of anilines is 1. The summed E-state index contributed by atoms with van der Waals surface area (Å²) in [5.74, 6) is 0.339. The highest BCUT2D eigenvalue weighted by atomic mass is 35.5. The summed E-state index contributed by atoms with van der Waals surface area (Å²) in [7, 11) is 1.60. The molecule has 4 rings (SSSR count). The van der Waals surface area contributed by atoms with Crippen molar-refractivity contribution in [1.82, 2.24) is 4.90 Å². The van der Waals surface area contributed by atoms with Crippen molar-refractivity contribution in [2.24, 2.45) is 5.92 Å². The molecule has 33 heavy (non-hydrogen) atoms. The second-order valence-electron chi connectivity index (χ2n) is 8.64. The second kappa shape index (κ2) is 10.4. The predicted molar refractivity (Wildman–Crippen MR) is 130 cm³/mol. The van der Waals surface area contributed by atoms with Crippen LogP contribution in [-0.4, -0.2) is 31.0 Å². The summed E-state index contributed by atoms with van der Waals surface area (Å²) in [6.45, 7) is 3.83. The maximum absolute atomic E-state index is 13.9. The minimum absolute atomic E-state index is 0.0315. The van der Waals surface area contributed by atoms with E-state index < -0.39 is 0 Å². The Hall–Kier alpha value is -2.89. The number of methoxy groups -OCH3 is 1. The van der Waals surface area contributed by atoms with Crippen LogP contribution in [0, 0.1) is 18.7 Å². The van der Waals surface area contributed by atoms with Gasteiger partial charge < -0.3 is 10.1 Å². The van der Waals surface area contributed by atoms with Crippen molar-refractivity contribution in [3.63, 3.8) is 0 Å². The summed E-state index contributed by atoms with van der Waals surface area (Å²) in [5.41, 5.74) is 3.41. The number of carbonyl (C=O) groups is 1. The van der Waals surface area contributed by atoms with Crippen LogP contribution < -0.4 is 10.1 Å². The minimum Gasteiger partial charge on any atom is -0.497 e. The third-order valence-electron chi connectivity index (χ3n) is 6.24. The topological polar surface area (TPSA) is 41.6 Å². The first-order valence-electron chi connectivity index (χ1n) is 11.1. The van der Waals surface area contributed by atoms with Crippen LogP contribution in [-0.2, 0) is 11.3 Å². The van der Waals surface area contributed by atoms with Gasteiger partial charge in [-0.1, -0.05) is 48.0 Å². The molecule has 0 bridgehead atoms. The monoisotopic (exact) mass is 466 g/mol.